The van der Waals surface area contributed by atoms with Gasteiger partial charge in [0.1, 0.15) is 11.4 Å². The summed E-state index contributed by atoms with van der Waals surface area (Å²) in [6, 6.07) is 9.88. The van der Waals surface area contributed by atoms with E-state index in [1.165, 1.54) is 4.90 Å². The molecule has 0 aliphatic heterocycles. The van der Waals surface area contributed by atoms with E-state index >= 15 is 0 Å². The van der Waals surface area contributed by atoms with Crippen molar-refractivity contribution in [3.05, 3.63) is 73.1 Å². The smallest absolute Gasteiger partial charge is 0.255 e. The molecule has 4 heterocycles. The van der Waals surface area contributed by atoms with Gasteiger partial charge in [-0.05, 0) is 35.7 Å². The van der Waals surface area contributed by atoms with Gasteiger partial charge in [0.2, 0.25) is 0 Å². The Balaban J connectivity index is 1.61. The maximum atomic E-state index is 12.7. The summed E-state index contributed by atoms with van der Waals surface area (Å²) in [6.45, 7) is 0.229. The van der Waals surface area contributed by atoms with Gasteiger partial charge in [0.25, 0.3) is 5.91 Å². The van der Waals surface area contributed by atoms with Crippen LogP contribution in [-0.4, -0.2) is 51.4 Å². The zero-order valence-corrected chi connectivity index (χ0v) is 18.7. The molecule has 0 fully saturated rings. The number of rotatable bonds is 5. The Bertz CT molecular complexity index is 1580. The lowest BCUT2D eigenvalue weighted by molar-refractivity contribution is 0.0812. The quantitative estimate of drug-likeness (QED) is 0.400. The number of carbonyl (C=O) groups is 1. The van der Waals surface area contributed by atoms with Crippen molar-refractivity contribution in [1.29, 1.82) is 0 Å². The highest BCUT2D eigenvalue weighted by Crippen LogP contribution is 2.38. The van der Waals surface area contributed by atoms with Crippen LogP contribution in [0.15, 0.2) is 67.5 Å². The number of aromatic nitrogens is 4. The number of nitrogens with zero attached hydrogens (tertiary/aromatic N) is 4. The van der Waals surface area contributed by atoms with E-state index in [2.05, 4.69) is 31.9 Å². The number of amides is 1. The van der Waals surface area contributed by atoms with E-state index in [1.807, 2.05) is 30.6 Å². The van der Waals surface area contributed by atoms with E-state index < -0.39 is 0 Å². The first-order chi connectivity index (χ1) is 16.6. The minimum Gasteiger partial charge on any atom is -0.496 e. The van der Waals surface area contributed by atoms with Crippen LogP contribution in [0.4, 0.5) is 0 Å². The van der Waals surface area contributed by atoms with Crippen molar-refractivity contribution in [2.45, 2.75) is 0 Å². The predicted molar refractivity (Wildman–Crippen MR) is 132 cm³/mol. The predicted octanol–water partition coefficient (Wildman–Crippen LogP) is 4.55. The molecule has 0 aliphatic rings. The Morgan fingerprint density at radius 1 is 1.06 bits per heavy atom. The number of terminal acetylenes is 1. The molecule has 1 amide bonds. The van der Waals surface area contributed by atoms with Crippen LogP contribution in [0.5, 0.6) is 5.75 Å². The number of fused-ring (bicyclic) bond motifs is 2. The molecule has 1 aromatic carbocycles. The normalized spacial score (nSPS) is 10.9. The summed E-state index contributed by atoms with van der Waals surface area (Å²) in [5, 5.41) is 3.00. The molecule has 4 aromatic heterocycles. The van der Waals surface area contributed by atoms with Crippen LogP contribution in [0.1, 0.15) is 10.4 Å². The van der Waals surface area contributed by atoms with Crippen molar-refractivity contribution in [3.63, 3.8) is 0 Å². The third-order valence-electron chi connectivity index (χ3n) is 5.77. The molecule has 0 spiro atoms. The zero-order chi connectivity index (χ0) is 23.7. The van der Waals surface area contributed by atoms with Crippen LogP contribution in [0, 0.1) is 12.3 Å². The van der Waals surface area contributed by atoms with Gasteiger partial charge in [-0.25, -0.2) is 4.98 Å². The van der Waals surface area contributed by atoms with E-state index in [9.17, 15) is 4.79 Å². The second kappa shape index (κ2) is 8.68. The second-order valence-corrected chi connectivity index (χ2v) is 7.93. The van der Waals surface area contributed by atoms with E-state index in [0.29, 0.717) is 5.56 Å². The number of methoxy groups -OCH3 is 1. The number of aromatic amines is 1. The molecule has 0 atom stereocenters. The summed E-state index contributed by atoms with van der Waals surface area (Å²) in [5.41, 5.74) is 4.74. The second-order valence-electron chi connectivity index (χ2n) is 7.93. The van der Waals surface area contributed by atoms with E-state index in [1.54, 1.807) is 45.0 Å². The minimum absolute atomic E-state index is 0.182. The standard InChI is InChI=1S/C27H21N5O2/c1-4-7-32(2)27(33)21-8-18(13-29-14-21)20-10-23-24(16-31-26(23)30-15-20)22-9-19-12-28-6-5-17(19)11-25(22)34-3/h1,5-6,8-16H,7H2,2-3H3,(H,30,31). The largest absolute Gasteiger partial charge is 0.496 e. The summed E-state index contributed by atoms with van der Waals surface area (Å²) in [6.07, 6.45) is 15.9. The lowest BCUT2D eigenvalue weighted by Gasteiger charge is -2.14. The molecule has 5 rings (SSSR count). The summed E-state index contributed by atoms with van der Waals surface area (Å²) >= 11 is 0. The van der Waals surface area contributed by atoms with Gasteiger partial charge in [0.15, 0.2) is 0 Å². The van der Waals surface area contributed by atoms with Crippen molar-refractivity contribution in [3.8, 4) is 40.3 Å². The number of hydrogen-bond donors (Lipinski definition) is 1. The van der Waals surface area contributed by atoms with Gasteiger partial charge < -0.3 is 14.6 Å². The molecule has 0 radical (unpaired) electrons. The molecule has 166 valence electrons. The minimum atomic E-state index is -0.182. The average molecular weight is 447 g/mol. The van der Waals surface area contributed by atoms with Crippen molar-refractivity contribution < 1.29 is 9.53 Å². The molecule has 0 saturated carbocycles. The fourth-order valence-corrected chi connectivity index (χ4v) is 4.02. The number of nitrogens with one attached hydrogen (secondary N) is 1. The molecular weight excluding hydrogens is 426 g/mol. The average Bonchev–Trinajstić information content (AvgIpc) is 3.30. The fourth-order valence-electron chi connectivity index (χ4n) is 4.02. The Morgan fingerprint density at radius 2 is 1.91 bits per heavy atom. The SMILES string of the molecule is C#CCN(C)C(=O)c1cncc(-c2cnc3[nH]cc(-c4cc5cnccc5cc4OC)c3c2)c1. The molecule has 0 bridgehead atoms. The van der Waals surface area contributed by atoms with Gasteiger partial charge in [0, 0.05) is 77.3 Å². The Morgan fingerprint density at radius 3 is 2.74 bits per heavy atom. The fraction of sp³-hybridized carbons (Fsp3) is 0.111. The van der Waals surface area contributed by atoms with E-state index in [4.69, 9.17) is 11.2 Å². The lowest BCUT2D eigenvalue weighted by Crippen LogP contribution is -2.27. The Labute approximate surface area is 196 Å². The first-order valence-corrected chi connectivity index (χ1v) is 10.6. The molecule has 0 aliphatic carbocycles. The molecule has 1 N–H and O–H groups in total. The highest BCUT2D eigenvalue weighted by molar-refractivity contribution is 6.01. The van der Waals surface area contributed by atoms with Crippen LogP contribution >= 0.6 is 0 Å². The first-order valence-electron chi connectivity index (χ1n) is 10.6. The van der Waals surface area contributed by atoms with Crippen LogP contribution in [0.3, 0.4) is 0 Å². The first kappa shape index (κ1) is 21.2. The maximum Gasteiger partial charge on any atom is 0.255 e. The topological polar surface area (TPSA) is 84.0 Å². The lowest BCUT2D eigenvalue weighted by atomic mass is 9.99. The van der Waals surface area contributed by atoms with Crippen LogP contribution in [0.2, 0.25) is 0 Å². The van der Waals surface area contributed by atoms with E-state index in [-0.39, 0.29) is 12.5 Å². The third kappa shape index (κ3) is 3.71. The molecule has 7 nitrogen and oxygen atoms in total. The number of carbonyl (C=O) groups excluding carboxylic acids is 1. The van der Waals surface area contributed by atoms with Gasteiger partial charge in [-0.15, -0.1) is 6.42 Å². The van der Waals surface area contributed by atoms with Crippen molar-refractivity contribution >= 4 is 27.7 Å². The highest BCUT2D eigenvalue weighted by atomic mass is 16.5. The molecule has 5 aromatic rings. The van der Waals surface area contributed by atoms with Crippen LogP contribution < -0.4 is 4.74 Å². The maximum absolute atomic E-state index is 12.7. The van der Waals surface area contributed by atoms with Crippen LogP contribution in [-0.2, 0) is 0 Å². The van der Waals surface area contributed by atoms with Crippen molar-refractivity contribution in [2.75, 3.05) is 20.7 Å². The zero-order valence-electron chi connectivity index (χ0n) is 18.7. The monoisotopic (exact) mass is 447 g/mol. The number of ether oxygens (including phenoxy) is 1. The molecule has 0 saturated heterocycles. The Hall–Kier alpha value is -4.70. The Kier molecular flexibility index (Phi) is 5.40. The van der Waals surface area contributed by atoms with Crippen LogP contribution in [0.25, 0.3) is 44.1 Å². The number of pyridine rings is 3. The molecule has 7 heteroatoms. The molecule has 34 heavy (non-hydrogen) atoms. The van der Waals surface area contributed by atoms with Gasteiger partial charge >= 0.3 is 0 Å². The summed E-state index contributed by atoms with van der Waals surface area (Å²) in [7, 11) is 3.33. The van der Waals surface area contributed by atoms with Crippen molar-refractivity contribution in [2.24, 2.45) is 0 Å². The van der Waals surface area contributed by atoms with Crippen molar-refractivity contribution in [1.82, 2.24) is 24.8 Å². The van der Waals surface area contributed by atoms with E-state index in [0.717, 1.165) is 49.8 Å². The summed E-state index contributed by atoms with van der Waals surface area (Å²) in [5.74, 6) is 3.06. The number of hydrogen-bond acceptors (Lipinski definition) is 5. The molecule has 0 unspecified atom stereocenters. The van der Waals surface area contributed by atoms with Gasteiger partial charge in [-0.3, -0.25) is 14.8 Å². The molecular formula is C27H21N5O2. The number of H-pyrrole nitrogens is 1. The summed E-state index contributed by atoms with van der Waals surface area (Å²) in [4.78, 5) is 30.5. The van der Waals surface area contributed by atoms with Gasteiger partial charge in [-0.1, -0.05) is 5.92 Å². The van der Waals surface area contributed by atoms with Gasteiger partial charge in [-0.2, -0.15) is 0 Å². The highest BCUT2D eigenvalue weighted by Gasteiger charge is 2.16. The third-order valence-corrected chi connectivity index (χ3v) is 5.77. The number of benzene rings is 1. The summed E-state index contributed by atoms with van der Waals surface area (Å²) < 4.78 is 5.70. The van der Waals surface area contributed by atoms with Gasteiger partial charge in [0.05, 0.1) is 19.2 Å².